The number of aromatic nitrogens is 2. The average molecular weight is 411 g/mol. The summed E-state index contributed by atoms with van der Waals surface area (Å²) in [4.78, 5) is 18.9. The quantitative estimate of drug-likeness (QED) is 0.406. The van der Waals surface area contributed by atoms with Gasteiger partial charge in [0.05, 0.1) is 15.6 Å². The van der Waals surface area contributed by atoms with Crippen LogP contribution in [0.3, 0.4) is 0 Å². The number of halogens is 3. The van der Waals surface area contributed by atoms with Gasteiger partial charge in [-0.05, 0) is 42.5 Å². The normalized spacial score (nSPS) is 10.4. The van der Waals surface area contributed by atoms with Gasteiger partial charge in [0.2, 0.25) is 11.6 Å². The third-order valence-corrected chi connectivity index (χ3v) is 4.10. The smallest absolute Gasteiger partial charge is 0.334 e. The Balaban J connectivity index is 1.98. The molecule has 132 valence electrons. The zero-order valence-corrected chi connectivity index (χ0v) is 15.2. The lowest BCUT2D eigenvalue weighted by molar-refractivity contribution is -0.383. The second-order valence-corrected chi connectivity index (χ2v) is 6.34. The van der Waals surface area contributed by atoms with Crippen molar-refractivity contribution in [2.24, 2.45) is 0 Å². The van der Waals surface area contributed by atoms with E-state index in [1.807, 2.05) is 0 Å². The molecule has 0 amide bonds. The predicted molar refractivity (Wildman–Crippen MR) is 103 cm³/mol. The Morgan fingerprint density at radius 3 is 2.12 bits per heavy atom. The van der Waals surface area contributed by atoms with Crippen molar-refractivity contribution in [3.05, 3.63) is 74.0 Å². The highest BCUT2D eigenvalue weighted by atomic mass is 35.5. The second kappa shape index (κ2) is 7.74. The van der Waals surface area contributed by atoms with Gasteiger partial charge in [-0.3, -0.25) is 10.1 Å². The van der Waals surface area contributed by atoms with E-state index in [0.29, 0.717) is 26.4 Å². The molecule has 0 bridgehead atoms. The van der Waals surface area contributed by atoms with Gasteiger partial charge in [0.15, 0.2) is 0 Å². The number of nitro groups is 1. The standard InChI is InChI=1S/C16H10Cl3N5O2/c17-9-1-4-11(5-2-9)22-15-14(24(25)26)16(21-8-20-15)23-13-6-3-10(18)7-12(13)19/h1-8H,(H2,20,21,22,23). The summed E-state index contributed by atoms with van der Waals surface area (Å²) in [6, 6.07) is 11.4. The zero-order valence-electron chi connectivity index (χ0n) is 12.9. The molecule has 1 heterocycles. The fourth-order valence-electron chi connectivity index (χ4n) is 2.12. The van der Waals surface area contributed by atoms with Crippen LogP contribution in [-0.2, 0) is 0 Å². The number of anilines is 4. The zero-order chi connectivity index (χ0) is 18.7. The Hall–Kier alpha value is -2.61. The molecule has 1 aromatic heterocycles. The first kappa shape index (κ1) is 18.2. The molecule has 0 saturated carbocycles. The Kier molecular flexibility index (Phi) is 5.41. The topological polar surface area (TPSA) is 93.0 Å². The number of benzene rings is 2. The molecule has 10 heteroatoms. The van der Waals surface area contributed by atoms with E-state index in [4.69, 9.17) is 34.8 Å². The molecule has 0 atom stereocenters. The van der Waals surface area contributed by atoms with Crippen LogP contribution < -0.4 is 10.6 Å². The number of rotatable bonds is 5. The monoisotopic (exact) mass is 409 g/mol. The van der Waals surface area contributed by atoms with Crippen molar-refractivity contribution in [2.45, 2.75) is 0 Å². The summed E-state index contributed by atoms with van der Waals surface area (Å²) in [6.07, 6.45) is 1.21. The molecule has 26 heavy (non-hydrogen) atoms. The highest BCUT2D eigenvalue weighted by Crippen LogP contribution is 2.35. The third-order valence-electron chi connectivity index (χ3n) is 3.30. The first-order valence-electron chi connectivity index (χ1n) is 7.18. The van der Waals surface area contributed by atoms with Gasteiger partial charge in [-0.1, -0.05) is 34.8 Å². The van der Waals surface area contributed by atoms with E-state index in [0.717, 1.165) is 0 Å². The summed E-state index contributed by atoms with van der Waals surface area (Å²) in [5.41, 5.74) is 0.690. The highest BCUT2D eigenvalue weighted by molar-refractivity contribution is 6.36. The Bertz CT molecular complexity index is 967. The third kappa shape index (κ3) is 4.13. The van der Waals surface area contributed by atoms with Crippen molar-refractivity contribution in [3.63, 3.8) is 0 Å². The van der Waals surface area contributed by atoms with Crippen LogP contribution in [0.1, 0.15) is 0 Å². The van der Waals surface area contributed by atoms with Gasteiger partial charge >= 0.3 is 5.69 Å². The molecule has 3 aromatic rings. The minimum absolute atomic E-state index is 0.00862. The molecular weight excluding hydrogens is 401 g/mol. The number of hydrogen-bond acceptors (Lipinski definition) is 6. The molecule has 0 fully saturated rings. The minimum atomic E-state index is -0.579. The average Bonchev–Trinajstić information content (AvgIpc) is 2.59. The fraction of sp³-hybridized carbons (Fsp3) is 0. The van der Waals surface area contributed by atoms with Crippen molar-refractivity contribution in [2.75, 3.05) is 10.6 Å². The number of nitrogens with zero attached hydrogens (tertiary/aromatic N) is 3. The molecule has 0 aliphatic rings. The van der Waals surface area contributed by atoms with Crippen LogP contribution in [0.5, 0.6) is 0 Å². The second-order valence-electron chi connectivity index (χ2n) is 5.06. The van der Waals surface area contributed by atoms with Crippen LogP contribution in [-0.4, -0.2) is 14.9 Å². The largest absolute Gasteiger partial charge is 0.353 e. The van der Waals surface area contributed by atoms with E-state index in [1.165, 1.54) is 12.4 Å². The maximum atomic E-state index is 11.6. The van der Waals surface area contributed by atoms with Gasteiger partial charge in [-0.2, -0.15) is 0 Å². The van der Waals surface area contributed by atoms with Crippen LogP contribution in [0.2, 0.25) is 15.1 Å². The van der Waals surface area contributed by atoms with Crippen molar-refractivity contribution in [1.29, 1.82) is 0 Å². The Morgan fingerprint density at radius 1 is 0.885 bits per heavy atom. The van der Waals surface area contributed by atoms with Gasteiger partial charge in [-0.25, -0.2) is 9.97 Å². The Labute approximate surface area is 163 Å². The lowest BCUT2D eigenvalue weighted by Crippen LogP contribution is -2.05. The van der Waals surface area contributed by atoms with Crippen LogP contribution in [0.15, 0.2) is 48.8 Å². The molecular formula is C16H10Cl3N5O2. The number of hydrogen-bond donors (Lipinski definition) is 2. The van der Waals surface area contributed by atoms with Gasteiger partial charge in [-0.15, -0.1) is 0 Å². The van der Waals surface area contributed by atoms with Crippen LogP contribution in [0.4, 0.5) is 28.7 Å². The van der Waals surface area contributed by atoms with Gasteiger partial charge in [0.25, 0.3) is 0 Å². The lowest BCUT2D eigenvalue weighted by Gasteiger charge is -2.11. The van der Waals surface area contributed by atoms with Crippen molar-refractivity contribution in [3.8, 4) is 0 Å². The van der Waals surface area contributed by atoms with E-state index in [2.05, 4.69) is 20.6 Å². The first-order valence-corrected chi connectivity index (χ1v) is 8.31. The van der Waals surface area contributed by atoms with Crippen LogP contribution in [0.25, 0.3) is 0 Å². The summed E-state index contributed by atoms with van der Waals surface area (Å²) < 4.78 is 0. The fourth-order valence-corrected chi connectivity index (χ4v) is 2.70. The molecule has 0 aliphatic carbocycles. The first-order chi connectivity index (χ1) is 12.4. The molecule has 0 spiro atoms. The van der Waals surface area contributed by atoms with Crippen LogP contribution >= 0.6 is 34.8 Å². The SMILES string of the molecule is O=[N+]([O-])c1c(Nc2ccc(Cl)cc2)ncnc1Nc1ccc(Cl)cc1Cl. The molecule has 0 unspecified atom stereocenters. The number of nitrogens with one attached hydrogen (secondary N) is 2. The van der Waals surface area contributed by atoms with Gasteiger partial charge in [0, 0.05) is 15.7 Å². The molecule has 0 saturated heterocycles. The summed E-state index contributed by atoms with van der Waals surface area (Å²) in [5.74, 6) is 0.0191. The predicted octanol–water partition coefficient (Wildman–Crippen LogP) is 5.83. The van der Waals surface area contributed by atoms with E-state index < -0.39 is 4.92 Å². The molecule has 7 nitrogen and oxygen atoms in total. The van der Waals surface area contributed by atoms with Crippen molar-refractivity contribution >= 4 is 63.5 Å². The molecule has 2 N–H and O–H groups in total. The van der Waals surface area contributed by atoms with Crippen molar-refractivity contribution < 1.29 is 4.92 Å². The van der Waals surface area contributed by atoms with E-state index in [1.54, 1.807) is 36.4 Å². The maximum Gasteiger partial charge on any atom is 0.353 e. The van der Waals surface area contributed by atoms with Gasteiger partial charge < -0.3 is 10.6 Å². The summed E-state index contributed by atoms with van der Waals surface area (Å²) in [6.45, 7) is 0. The molecule has 2 aromatic carbocycles. The van der Waals surface area contributed by atoms with E-state index in [-0.39, 0.29) is 17.3 Å². The van der Waals surface area contributed by atoms with E-state index >= 15 is 0 Å². The highest BCUT2D eigenvalue weighted by Gasteiger charge is 2.23. The summed E-state index contributed by atoms with van der Waals surface area (Å²) >= 11 is 17.8. The summed E-state index contributed by atoms with van der Waals surface area (Å²) in [7, 11) is 0. The van der Waals surface area contributed by atoms with Crippen LogP contribution in [0, 0.1) is 10.1 Å². The minimum Gasteiger partial charge on any atom is -0.334 e. The molecule has 3 rings (SSSR count). The summed E-state index contributed by atoms with van der Waals surface area (Å²) in [5, 5.41) is 18.6. The lowest BCUT2D eigenvalue weighted by atomic mass is 10.3. The molecule has 0 aliphatic heterocycles. The Morgan fingerprint density at radius 2 is 1.50 bits per heavy atom. The maximum absolute atomic E-state index is 11.6. The van der Waals surface area contributed by atoms with Gasteiger partial charge in [0.1, 0.15) is 6.33 Å². The van der Waals surface area contributed by atoms with E-state index in [9.17, 15) is 10.1 Å². The van der Waals surface area contributed by atoms with Crippen molar-refractivity contribution in [1.82, 2.24) is 9.97 Å². The molecule has 0 radical (unpaired) electrons.